The first-order chi connectivity index (χ1) is 41.0. The fourth-order valence-corrected chi connectivity index (χ4v) is 12.0. The Balaban J connectivity index is 4.15. The molecular formula is C77H148O6. The maximum absolute atomic E-state index is 13.0. The molecule has 0 aromatic rings. The maximum atomic E-state index is 13.0. The molecule has 0 spiro atoms. The highest BCUT2D eigenvalue weighted by Gasteiger charge is 2.20. The van der Waals surface area contributed by atoms with Crippen molar-refractivity contribution in [3.63, 3.8) is 0 Å². The van der Waals surface area contributed by atoms with Gasteiger partial charge in [0.05, 0.1) is 0 Å². The monoisotopic (exact) mass is 1170 g/mol. The molecule has 0 heterocycles. The smallest absolute Gasteiger partial charge is 0.306 e. The highest BCUT2D eigenvalue weighted by atomic mass is 16.6. The first-order valence-corrected chi connectivity index (χ1v) is 38.2. The Morgan fingerprint density at radius 2 is 0.398 bits per heavy atom. The van der Waals surface area contributed by atoms with Crippen molar-refractivity contribution in [2.24, 2.45) is 0 Å². The van der Waals surface area contributed by atoms with Gasteiger partial charge in [-0.05, 0) is 44.9 Å². The van der Waals surface area contributed by atoms with Crippen molar-refractivity contribution in [1.29, 1.82) is 0 Å². The van der Waals surface area contributed by atoms with E-state index in [1.165, 1.54) is 340 Å². The van der Waals surface area contributed by atoms with E-state index in [1.54, 1.807) is 0 Å². The van der Waals surface area contributed by atoms with Gasteiger partial charge in [-0.2, -0.15) is 0 Å². The Hall–Kier alpha value is -1.85. The second-order valence-electron chi connectivity index (χ2n) is 26.3. The number of unbranched alkanes of at least 4 members (excludes halogenated alkanes) is 59. The summed E-state index contributed by atoms with van der Waals surface area (Å²) in [6.07, 6.45) is 88.4. The van der Waals surface area contributed by atoms with Gasteiger partial charge in [-0.15, -0.1) is 0 Å². The normalized spacial score (nSPS) is 12.0. The molecule has 0 aliphatic rings. The lowest BCUT2D eigenvalue weighted by atomic mass is 10.0. The SMILES string of the molecule is CCCCCCCC/C=C\CCCCCCCC(=O)OCC(COC(=O)CCCCCCCCCCCCCCCCCCCCCCCCCCCCCCCCC)OC(=O)CCCCCCCCCCCCCCCCCCCCC. The molecule has 492 valence electrons. The summed E-state index contributed by atoms with van der Waals surface area (Å²) in [7, 11) is 0. The molecule has 0 aliphatic heterocycles. The highest BCUT2D eigenvalue weighted by Crippen LogP contribution is 2.20. The number of hydrogen-bond acceptors (Lipinski definition) is 6. The Labute approximate surface area is 520 Å². The van der Waals surface area contributed by atoms with Crippen LogP contribution in [0.25, 0.3) is 0 Å². The zero-order valence-corrected chi connectivity index (χ0v) is 56.8. The summed E-state index contributed by atoms with van der Waals surface area (Å²) < 4.78 is 17.0. The standard InChI is InChI=1S/C77H148O6/c1-4-7-10-13-16-19-22-25-28-30-32-33-34-35-36-37-38-39-40-41-42-43-45-46-49-52-55-58-61-64-67-70-76(79)82-73-74(72-81-75(78)69-66-63-60-57-54-51-48-27-24-21-18-15-12-9-6-3)83-77(80)71-68-65-62-59-56-53-50-47-44-31-29-26-23-20-17-14-11-8-5-2/h27,48,74H,4-26,28-47,49-73H2,1-3H3/b48-27-. The fraction of sp³-hybridized carbons (Fsp3) is 0.935. The van der Waals surface area contributed by atoms with Crippen molar-refractivity contribution in [3.8, 4) is 0 Å². The van der Waals surface area contributed by atoms with Gasteiger partial charge in [0.15, 0.2) is 6.10 Å². The number of rotatable bonds is 72. The van der Waals surface area contributed by atoms with Crippen molar-refractivity contribution in [1.82, 2.24) is 0 Å². The molecule has 0 saturated heterocycles. The minimum Gasteiger partial charge on any atom is -0.462 e. The van der Waals surface area contributed by atoms with Crippen molar-refractivity contribution in [3.05, 3.63) is 12.2 Å². The number of esters is 3. The second-order valence-corrected chi connectivity index (χ2v) is 26.3. The molecule has 0 bridgehead atoms. The predicted molar refractivity (Wildman–Crippen MR) is 363 cm³/mol. The van der Waals surface area contributed by atoms with E-state index in [2.05, 4.69) is 32.9 Å². The van der Waals surface area contributed by atoms with Crippen molar-refractivity contribution in [2.45, 2.75) is 451 Å². The van der Waals surface area contributed by atoms with Crippen LogP contribution in [0.1, 0.15) is 445 Å². The molecule has 0 aromatic carbocycles. The van der Waals surface area contributed by atoms with Crippen LogP contribution in [-0.2, 0) is 28.6 Å². The van der Waals surface area contributed by atoms with Crippen LogP contribution in [0.2, 0.25) is 0 Å². The molecule has 6 heteroatoms. The molecule has 1 unspecified atom stereocenters. The first-order valence-electron chi connectivity index (χ1n) is 38.2. The predicted octanol–water partition coefficient (Wildman–Crippen LogP) is 26.3. The average molecular weight is 1170 g/mol. The Bertz CT molecular complexity index is 1300. The fourth-order valence-electron chi connectivity index (χ4n) is 12.0. The maximum Gasteiger partial charge on any atom is 0.306 e. The zero-order valence-electron chi connectivity index (χ0n) is 56.8. The third-order valence-electron chi connectivity index (χ3n) is 17.8. The third-order valence-corrected chi connectivity index (χ3v) is 17.8. The van der Waals surface area contributed by atoms with E-state index >= 15 is 0 Å². The summed E-state index contributed by atoms with van der Waals surface area (Å²) in [5, 5.41) is 0. The molecule has 0 fully saturated rings. The molecule has 0 aliphatic carbocycles. The molecular weight excluding hydrogens is 1020 g/mol. The van der Waals surface area contributed by atoms with Crippen LogP contribution in [-0.4, -0.2) is 37.2 Å². The summed E-state index contributed by atoms with van der Waals surface area (Å²) >= 11 is 0. The van der Waals surface area contributed by atoms with Gasteiger partial charge in [0.25, 0.3) is 0 Å². The quantitative estimate of drug-likeness (QED) is 0.0261. The van der Waals surface area contributed by atoms with E-state index in [9.17, 15) is 14.4 Å². The van der Waals surface area contributed by atoms with Crippen LogP contribution in [0.5, 0.6) is 0 Å². The molecule has 6 nitrogen and oxygen atoms in total. The topological polar surface area (TPSA) is 78.9 Å². The van der Waals surface area contributed by atoms with Crippen LogP contribution in [0.15, 0.2) is 12.2 Å². The van der Waals surface area contributed by atoms with E-state index in [-0.39, 0.29) is 31.1 Å². The van der Waals surface area contributed by atoms with Gasteiger partial charge in [0, 0.05) is 19.3 Å². The van der Waals surface area contributed by atoms with Crippen LogP contribution in [0, 0.1) is 0 Å². The number of allylic oxidation sites excluding steroid dienone is 2. The van der Waals surface area contributed by atoms with Crippen LogP contribution in [0.4, 0.5) is 0 Å². The molecule has 1 atom stereocenters. The van der Waals surface area contributed by atoms with Gasteiger partial charge in [-0.25, -0.2) is 0 Å². The largest absolute Gasteiger partial charge is 0.462 e. The average Bonchev–Trinajstić information content (AvgIpc) is 3.50. The van der Waals surface area contributed by atoms with Crippen molar-refractivity contribution >= 4 is 17.9 Å². The molecule has 0 radical (unpaired) electrons. The van der Waals surface area contributed by atoms with Crippen LogP contribution < -0.4 is 0 Å². The lowest BCUT2D eigenvalue weighted by Gasteiger charge is -2.18. The van der Waals surface area contributed by atoms with Gasteiger partial charge in [-0.3, -0.25) is 14.4 Å². The van der Waals surface area contributed by atoms with E-state index in [1.807, 2.05) is 0 Å². The summed E-state index contributed by atoms with van der Waals surface area (Å²) in [6.45, 7) is 6.73. The molecule has 0 aromatic heterocycles. The van der Waals surface area contributed by atoms with Crippen LogP contribution >= 0.6 is 0 Å². The number of hydrogen-bond donors (Lipinski definition) is 0. The highest BCUT2D eigenvalue weighted by molar-refractivity contribution is 5.71. The summed E-state index contributed by atoms with van der Waals surface area (Å²) in [6, 6.07) is 0. The number of carbonyl (C=O) groups excluding carboxylic acids is 3. The van der Waals surface area contributed by atoms with Gasteiger partial charge in [-0.1, -0.05) is 392 Å². The molecule has 0 rings (SSSR count). The van der Waals surface area contributed by atoms with Gasteiger partial charge in [0.2, 0.25) is 0 Å². The Kier molecular flexibility index (Phi) is 71.0. The van der Waals surface area contributed by atoms with Gasteiger partial charge >= 0.3 is 17.9 Å². The zero-order chi connectivity index (χ0) is 59.9. The minimum atomic E-state index is -0.770. The summed E-state index contributed by atoms with van der Waals surface area (Å²) in [5.74, 6) is -0.836. The number of carbonyl (C=O) groups is 3. The molecule has 0 saturated carbocycles. The van der Waals surface area contributed by atoms with Crippen molar-refractivity contribution < 1.29 is 28.6 Å². The lowest BCUT2D eigenvalue weighted by molar-refractivity contribution is -0.167. The van der Waals surface area contributed by atoms with Crippen LogP contribution in [0.3, 0.4) is 0 Å². The van der Waals surface area contributed by atoms with E-state index in [0.717, 1.165) is 64.2 Å². The lowest BCUT2D eigenvalue weighted by Crippen LogP contribution is -2.30. The van der Waals surface area contributed by atoms with Gasteiger partial charge in [0.1, 0.15) is 13.2 Å². The minimum absolute atomic E-state index is 0.0654. The molecule has 0 N–H and O–H groups in total. The van der Waals surface area contributed by atoms with Gasteiger partial charge < -0.3 is 14.2 Å². The Morgan fingerprint density at radius 3 is 0.602 bits per heavy atom. The molecule has 0 amide bonds. The van der Waals surface area contributed by atoms with E-state index < -0.39 is 6.10 Å². The van der Waals surface area contributed by atoms with Crippen molar-refractivity contribution in [2.75, 3.05) is 13.2 Å². The van der Waals surface area contributed by atoms with E-state index in [0.29, 0.717) is 19.3 Å². The van der Waals surface area contributed by atoms with E-state index in [4.69, 9.17) is 14.2 Å². The summed E-state index contributed by atoms with van der Waals surface area (Å²) in [5.41, 5.74) is 0. The third kappa shape index (κ3) is 70.8. The molecule has 83 heavy (non-hydrogen) atoms. The number of ether oxygens (including phenoxy) is 3. The summed E-state index contributed by atoms with van der Waals surface area (Å²) in [4.78, 5) is 38.5. The Morgan fingerprint density at radius 1 is 0.229 bits per heavy atom. The first kappa shape index (κ1) is 81.2. The second kappa shape index (κ2) is 72.6.